The number of hydrogen-bond donors (Lipinski definition) is 3. The predicted octanol–water partition coefficient (Wildman–Crippen LogP) is 9.36. The van der Waals surface area contributed by atoms with Crippen LogP contribution in [0.15, 0.2) is 121 Å². The molecule has 0 aromatic heterocycles. The van der Waals surface area contributed by atoms with Crippen LogP contribution in [0.2, 0.25) is 0 Å². The fourth-order valence-electron chi connectivity index (χ4n) is 12.4. The van der Waals surface area contributed by atoms with Gasteiger partial charge < -0.3 is 25.2 Å². The second-order valence-electron chi connectivity index (χ2n) is 17.7. The lowest BCUT2D eigenvalue weighted by molar-refractivity contribution is -0.174. The molecule has 4 aromatic rings. The number of urea groups is 1. The minimum atomic E-state index is -1.21. The number of methoxy groups -OCH3 is 1. The van der Waals surface area contributed by atoms with E-state index in [4.69, 9.17) is 4.74 Å². The molecule has 8 atom stereocenters. The van der Waals surface area contributed by atoms with Gasteiger partial charge in [-0.05, 0) is 115 Å². The predicted molar refractivity (Wildman–Crippen MR) is 216 cm³/mol. The molecule has 6 aliphatic rings. The van der Waals surface area contributed by atoms with Gasteiger partial charge in [-0.25, -0.2) is 4.79 Å². The third kappa shape index (κ3) is 5.29. The summed E-state index contributed by atoms with van der Waals surface area (Å²) in [7, 11) is 1.63. The molecule has 0 radical (unpaired) electrons. The molecule has 2 spiro atoms. The average molecular weight is 737 g/mol. The molecule has 7 heteroatoms. The molecule has 7 nitrogen and oxygen atoms in total. The summed E-state index contributed by atoms with van der Waals surface area (Å²) in [5.74, 6) is 0.849. The minimum absolute atomic E-state index is 0.0120. The third-order valence-electron chi connectivity index (χ3n) is 15.3. The van der Waals surface area contributed by atoms with Gasteiger partial charge in [0.25, 0.3) is 0 Å². The van der Waals surface area contributed by atoms with Crippen LogP contribution >= 0.6 is 0 Å². The van der Waals surface area contributed by atoms with E-state index < -0.39 is 27.9 Å². The smallest absolute Gasteiger partial charge is 0.322 e. The Bertz CT molecular complexity index is 2210. The number of anilines is 1. The Labute approximate surface area is 324 Å². The van der Waals surface area contributed by atoms with Crippen molar-refractivity contribution in [3.05, 3.63) is 132 Å². The number of amides is 2. The van der Waals surface area contributed by atoms with Gasteiger partial charge in [-0.1, -0.05) is 92.7 Å². The van der Waals surface area contributed by atoms with Crippen LogP contribution in [0, 0.1) is 33.5 Å². The lowest BCUT2D eigenvalue weighted by atomic mass is 9.32. The number of nitrogens with one attached hydrogen (secondary N) is 1. The number of aliphatic hydroxyl groups excluding tert-OH is 1. The van der Waals surface area contributed by atoms with Crippen molar-refractivity contribution in [2.45, 2.75) is 77.0 Å². The van der Waals surface area contributed by atoms with Crippen LogP contribution in [0.3, 0.4) is 0 Å². The van der Waals surface area contributed by atoms with Crippen LogP contribution < -0.4 is 10.1 Å². The summed E-state index contributed by atoms with van der Waals surface area (Å²) < 4.78 is 5.43. The third-order valence-corrected chi connectivity index (χ3v) is 15.3. The lowest BCUT2D eigenvalue weighted by Crippen LogP contribution is -2.67. The Balaban J connectivity index is 1.12. The number of Topliss-reactive ketones (excluding diaryl/α,β-unsaturated/α-hetero) is 1. The van der Waals surface area contributed by atoms with Crippen molar-refractivity contribution in [3.63, 3.8) is 0 Å². The molecule has 10 rings (SSSR count). The Kier molecular flexibility index (Phi) is 8.45. The molecule has 0 heterocycles. The zero-order chi connectivity index (χ0) is 38.2. The summed E-state index contributed by atoms with van der Waals surface area (Å²) in [4.78, 5) is 31.2. The van der Waals surface area contributed by atoms with E-state index in [-0.39, 0.29) is 35.6 Å². The Hall–Kier alpha value is -4.72. The van der Waals surface area contributed by atoms with Crippen molar-refractivity contribution in [2.24, 2.45) is 33.5 Å². The topological polar surface area (TPSA) is 99.1 Å². The molecule has 0 saturated heterocycles. The number of ketones is 1. The Morgan fingerprint density at radius 1 is 0.818 bits per heavy atom. The lowest BCUT2D eigenvalue weighted by Gasteiger charge is -2.71. The van der Waals surface area contributed by atoms with E-state index in [1.54, 1.807) is 12.0 Å². The maximum Gasteiger partial charge on any atom is 0.322 e. The molecule has 6 aliphatic carbocycles. The second kappa shape index (κ2) is 12.9. The van der Waals surface area contributed by atoms with E-state index in [0.717, 1.165) is 54.0 Å². The summed E-state index contributed by atoms with van der Waals surface area (Å²) in [6.45, 7) is 5.12. The molecule has 0 aliphatic heterocycles. The van der Waals surface area contributed by atoms with Gasteiger partial charge >= 0.3 is 6.03 Å². The summed E-state index contributed by atoms with van der Waals surface area (Å²) in [6, 6.07) is 31.1. The van der Waals surface area contributed by atoms with Gasteiger partial charge in [-0.2, -0.15) is 0 Å². The van der Waals surface area contributed by atoms with Gasteiger partial charge in [0, 0.05) is 39.6 Å². The first-order valence-electron chi connectivity index (χ1n) is 20.1. The first kappa shape index (κ1) is 35.9. The van der Waals surface area contributed by atoms with Crippen LogP contribution in [-0.2, 0) is 6.54 Å². The summed E-state index contributed by atoms with van der Waals surface area (Å²) in [5, 5.41) is 29.7. The number of fused-ring (bicyclic) bond motifs is 2. The molecule has 284 valence electrons. The monoisotopic (exact) mass is 736 g/mol. The van der Waals surface area contributed by atoms with Gasteiger partial charge in [-0.3, -0.25) is 4.79 Å². The molecular weight excluding hydrogens is 685 g/mol. The fraction of sp³-hybridized carbons (Fsp3) is 0.417. The zero-order valence-corrected chi connectivity index (χ0v) is 32.1. The molecule has 3 fully saturated rings. The standard InChI is InChI=1S/C48H52N2O5/c1-44-23-20-36(51)28-46(44)26-27-48(39(29-46)42(52)33-16-18-37(55-3)19-17-33)40(44)21-24-45(2)41(48)22-25-47(45,54)31-50(43(53)49-35-13-5-4-6-14-35)30-34-12-9-11-32-10-7-8-15-38(32)34/h4-19,26-27,29,36,40-41,51,54H,20-25,28,30-31H2,1-3H3,(H,49,53). The van der Waals surface area contributed by atoms with Crippen LogP contribution in [0.4, 0.5) is 10.5 Å². The maximum absolute atomic E-state index is 15.0. The summed E-state index contributed by atoms with van der Waals surface area (Å²) >= 11 is 0. The quantitative estimate of drug-likeness (QED) is 0.124. The molecule has 3 N–H and O–H groups in total. The van der Waals surface area contributed by atoms with Gasteiger partial charge in [0.1, 0.15) is 5.75 Å². The molecule has 55 heavy (non-hydrogen) atoms. The number of para-hydroxylation sites is 1. The van der Waals surface area contributed by atoms with E-state index in [2.05, 4.69) is 61.7 Å². The van der Waals surface area contributed by atoms with Crippen molar-refractivity contribution in [3.8, 4) is 5.75 Å². The number of rotatable bonds is 8. The van der Waals surface area contributed by atoms with E-state index in [1.807, 2.05) is 72.8 Å². The number of allylic oxidation sites excluding steroid dienone is 4. The Morgan fingerprint density at radius 3 is 2.29 bits per heavy atom. The van der Waals surface area contributed by atoms with Crippen LogP contribution in [0.25, 0.3) is 10.8 Å². The van der Waals surface area contributed by atoms with E-state index in [0.29, 0.717) is 36.4 Å². The van der Waals surface area contributed by atoms with E-state index >= 15 is 0 Å². The first-order chi connectivity index (χ1) is 26.5. The highest BCUT2D eigenvalue weighted by Gasteiger charge is 2.74. The highest BCUT2D eigenvalue weighted by molar-refractivity contribution is 6.10. The normalized spacial score (nSPS) is 34.3. The largest absolute Gasteiger partial charge is 0.497 e. The van der Waals surface area contributed by atoms with Crippen LogP contribution in [-0.4, -0.2) is 52.3 Å². The minimum Gasteiger partial charge on any atom is -0.497 e. The van der Waals surface area contributed by atoms with Crippen LogP contribution in [0.1, 0.15) is 74.7 Å². The van der Waals surface area contributed by atoms with E-state index in [9.17, 15) is 19.8 Å². The number of carbonyl (C=O) groups is 2. The maximum atomic E-state index is 15.0. The highest BCUT2D eigenvalue weighted by Crippen LogP contribution is 2.78. The van der Waals surface area contributed by atoms with Gasteiger partial charge in [0.2, 0.25) is 0 Å². The van der Waals surface area contributed by atoms with Gasteiger partial charge in [0.15, 0.2) is 5.78 Å². The highest BCUT2D eigenvalue weighted by atomic mass is 16.5. The molecule has 3 saturated carbocycles. The van der Waals surface area contributed by atoms with Crippen molar-refractivity contribution in [1.29, 1.82) is 0 Å². The number of ether oxygens (including phenoxy) is 1. The average Bonchev–Trinajstić information content (AvgIpc) is 3.47. The molecule has 4 aromatic carbocycles. The van der Waals surface area contributed by atoms with Gasteiger partial charge in [-0.15, -0.1) is 0 Å². The SMILES string of the molecule is COc1ccc(C(=O)C2=CC34C=CC25C(CCC2(C)C5CCC2(O)CN(Cc2cccc5ccccc25)C(=O)Nc2ccccc2)C3(C)CCC(O)C4)cc1. The first-order valence-corrected chi connectivity index (χ1v) is 20.1. The van der Waals surface area contributed by atoms with Crippen LogP contribution in [0.5, 0.6) is 5.75 Å². The van der Waals surface area contributed by atoms with E-state index in [1.165, 1.54) is 0 Å². The fourth-order valence-corrected chi connectivity index (χ4v) is 12.4. The van der Waals surface area contributed by atoms with Gasteiger partial charge in [0.05, 0.1) is 25.4 Å². The van der Waals surface area contributed by atoms with Crippen molar-refractivity contribution in [1.82, 2.24) is 4.90 Å². The second-order valence-corrected chi connectivity index (χ2v) is 17.7. The molecule has 2 amide bonds. The van der Waals surface area contributed by atoms with Crippen molar-refractivity contribution in [2.75, 3.05) is 19.0 Å². The summed E-state index contributed by atoms with van der Waals surface area (Å²) in [6.07, 6.45) is 11.6. The number of nitrogens with zero attached hydrogens (tertiary/aromatic N) is 1. The molecule has 2 bridgehead atoms. The number of benzene rings is 4. The van der Waals surface area contributed by atoms with Crippen molar-refractivity contribution >= 4 is 28.3 Å². The molecular formula is C48H52N2O5. The Morgan fingerprint density at radius 2 is 1.51 bits per heavy atom. The zero-order valence-electron chi connectivity index (χ0n) is 32.1. The number of hydrogen-bond acceptors (Lipinski definition) is 5. The number of carbonyl (C=O) groups excluding carboxylic acids is 2. The molecule has 8 unspecified atom stereocenters. The summed E-state index contributed by atoms with van der Waals surface area (Å²) in [5.41, 5.74) is 0.195. The van der Waals surface area contributed by atoms with Crippen molar-refractivity contribution < 1.29 is 24.5 Å². The number of aliphatic hydroxyl groups is 2.